The molecule has 0 radical (unpaired) electrons. The number of fused-ring (bicyclic) bond motifs is 1. The number of benzene rings is 1. The van der Waals surface area contributed by atoms with Gasteiger partial charge >= 0.3 is 0 Å². The van der Waals surface area contributed by atoms with Crippen LogP contribution >= 0.6 is 15.9 Å². The summed E-state index contributed by atoms with van der Waals surface area (Å²) in [5.41, 5.74) is 0.863. The molecule has 72 valence electrons. The lowest BCUT2D eigenvalue weighted by Gasteiger charge is -2.04. The van der Waals surface area contributed by atoms with Gasteiger partial charge in [0.25, 0.3) is 11.7 Å². The highest BCUT2D eigenvalue weighted by atomic mass is 79.9. The number of nitrogens with one attached hydrogen (secondary N) is 1. The van der Waals surface area contributed by atoms with E-state index in [1.165, 1.54) is 7.11 Å². The highest BCUT2D eigenvalue weighted by molar-refractivity contribution is 9.10. The summed E-state index contributed by atoms with van der Waals surface area (Å²) in [5, 5.41) is 2.48. The third kappa shape index (κ3) is 1.21. The molecule has 4 nitrogen and oxygen atoms in total. The quantitative estimate of drug-likeness (QED) is 0.776. The van der Waals surface area contributed by atoms with Gasteiger partial charge in [0.15, 0.2) is 0 Å². The van der Waals surface area contributed by atoms with E-state index in [1.54, 1.807) is 12.1 Å². The van der Waals surface area contributed by atoms with Gasteiger partial charge in [-0.15, -0.1) is 0 Å². The fraction of sp³-hybridized carbons (Fsp3) is 0.111. The number of hydrogen-bond acceptors (Lipinski definition) is 3. The number of amides is 1. The van der Waals surface area contributed by atoms with Gasteiger partial charge in [-0.2, -0.15) is 0 Å². The number of hydrogen-bond donors (Lipinski definition) is 1. The van der Waals surface area contributed by atoms with E-state index >= 15 is 0 Å². The molecule has 1 aliphatic rings. The Balaban J connectivity index is 2.63. The Hall–Kier alpha value is -1.36. The van der Waals surface area contributed by atoms with E-state index in [9.17, 15) is 9.59 Å². The number of rotatable bonds is 1. The lowest BCUT2D eigenvalue weighted by Crippen LogP contribution is -2.12. The summed E-state index contributed by atoms with van der Waals surface area (Å²) in [6, 6.07) is 3.23. The molecular formula is C9H6BrNO3. The van der Waals surface area contributed by atoms with E-state index in [2.05, 4.69) is 21.2 Å². The summed E-state index contributed by atoms with van der Waals surface area (Å²) in [7, 11) is 1.50. The van der Waals surface area contributed by atoms with Crippen LogP contribution in [0, 0.1) is 0 Å². The van der Waals surface area contributed by atoms with E-state index in [1.807, 2.05) is 0 Å². The second-order valence-corrected chi connectivity index (χ2v) is 3.67. The Labute approximate surface area is 88.4 Å². The maximum atomic E-state index is 11.3. The SMILES string of the molecule is COc1cc(Br)c2c(c1)C(=O)C(=O)N2. The molecule has 0 bridgehead atoms. The van der Waals surface area contributed by atoms with Crippen molar-refractivity contribution in [2.24, 2.45) is 0 Å². The third-order valence-corrected chi connectivity index (χ3v) is 2.61. The van der Waals surface area contributed by atoms with Gasteiger partial charge in [0, 0.05) is 4.47 Å². The topological polar surface area (TPSA) is 55.4 Å². The molecule has 1 aromatic carbocycles. The lowest BCUT2D eigenvalue weighted by molar-refractivity contribution is -0.112. The molecule has 1 heterocycles. The maximum Gasteiger partial charge on any atom is 0.296 e. The molecule has 0 atom stereocenters. The van der Waals surface area contributed by atoms with E-state index in [4.69, 9.17) is 4.74 Å². The number of Topliss-reactive ketones (excluding diaryl/α,β-unsaturated/α-hetero) is 1. The zero-order chi connectivity index (χ0) is 10.3. The van der Waals surface area contributed by atoms with Crippen LogP contribution in [0.2, 0.25) is 0 Å². The molecule has 1 aliphatic heterocycles. The number of halogens is 1. The Morgan fingerprint density at radius 1 is 1.36 bits per heavy atom. The van der Waals surface area contributed by atoms with Crippen molar-refractivity contribution in [3.8, 4) is 5.75 Å². The standard InChI is InChI=1S/C9H6BrNO3/c1-14-4-2-5-7(6(10)3-4)11-9(13)8(5)12/h2-3H,1H3,(H,11,12,13). The number of methoxy groups -OCH3 is 1. The molecule has 0 aliphatic carbocycles. The molecule has 1 aromatic rings. The zero-order valence-corrected chi connectivity index (χ0v) is 8.84. The highest BCUT2D eigenvalue weighted by Gasteiger charge is 2.30. The summed E-state index contributed by atoms with van der Waals surface area (Å²) in [4.78, 5) is 22.4. The van der Waals surface area contributed by atoms with Crippen LogP contribution in [-0.4, -0.2) is 18.8 Å². The number of ether oxygens (including phenoxy) is 1. The van der Waals surface area contributed by atoms with Gasteiger partial charge in [0.1, 0.15) is 5.75 Å². The van der Waals surface area contributed by atoms with Gasteiger partial charge in [-0.05, 0) is 28.1 Å². The second kappa shape index (κ2) is 3.09. The number of carbonyl (C=O) groups is 2. The Morgan fingerprint density at radius 3 is 2.71 bits per heavy atom. The molecule has 2 rings (SSSR count). The first-order valence-electron chi connectivity index (χ1n) is 3.86. The van der Waals surface area contributed by atoms with Gasteiger partial charge < -0.3 is 10.1 Å². The summed E-state index contributed by atoms with van der Waals surface area (Å²) in [6.07, 6.45) is 0. The minimum atomic E-state index is -0.603. The number of anilines is 1. The predicted molar refractivity (Wildman–Crippen MR) is 53.7 cm³/mol. The molecule has 0 unspecified atom stereocenters. The molecular weight excluding hydrogens is 250 g/mol. The van der Waals surface area contributed by atoms with Crippen molar-refractivity contribution in [2.45, 2.75) is 0 Å². The molecule has 1 amide bonds. The first-order valence-corrected chi connectivity index (χ1v) is 4.66. The normalized spacial score (nSPS) is 13.9. The van der Waals surface area contributed by atoms with E-state index in [0.29, 0.717) is 21.5 Å². The summed E-state index contributed by atoms with van der Waals surface area (Å²) in [5.74, 6) is -0.589. The van der Waals surface area contributed by atoms with Gasteiger partial charge in [0.2, 0.25) is 0 Å². The third-order valence-electron chi connectivity index (χ3n) is 1.99. The van der Waals surface area contributed by atoms with Crippen LogP contribution in [0.15, 0.2) is 16.6 Å². The lowest BCUT2D eigenvalue weighted by atomic mass is 10.1. The number of ketones is 1. The number of carbonyl (C=O) groups excluding carboxylic acids is 2. The van der Waals surface area contributed by atoms with Crippen LogP contribution < -0.4 is 10.1 Å². The molecule has 14 heavy (non-hydrogen) atoms. The Morgan fingerprint density at radius 2 is 2.07 bits per heavy atom. The summed E-state index contributed by atoms with van der Waals surface area (Å²) < 4.78 is 5.63. The fourth-order valence-corrected chi connectivity index (χ4v) is 1.84. The van der Waals surface area contributed by atoms with Crippen molar-refractivity contribution in [2.75, 3.05) is 12.4 Å². The minimum Gasteiger partial charge on any atom is -0.497 e. The van der Waals surface area contributed by atoms with Crippen LogP contribution in [0.3, 0.4) is 0 Å². The smallest absolute Gasteiger partial charge is 0.296 e. The van der Waals surface area contributed by atoms with Crippen molar-refractivity contribution in [3.05, 3.63) is 22.2 Å². The van der Waals surface area contributed by atoms with Crippen molar-refractivity contribution in [1.29, 1.82) is 0 Å². The van der Waals surface area contributed by atoms with Gasteiger partial charge in [-0.1, -0.05) is 0 Å². The summed E-state index contributed by atoms with van der Waals surface area (Å²) >= 11 is 3.25. The molecule has 5 heteroatoms. The largest absolute Gasteiger partial charge is 0.497 e. The van der Waals surface area contributed by atoms with E-state index in [-0.39, 0.29) is 0 Å². The van der Waals surface area contributed by atoms with E-state index in [0.717, 1.165) is 0 Å². The van der Waals surface area contributed by atoms with Crippen LogP contribution in [0.1, 0.15) is 10.4 Å². The summed E-state index contributed by atoms with van der Waals surface area (Å²) in [6.45, 7) is 0. The molecule has 0 saturated heterocycles. The van der Waals surface area contributed by atoms with E-state index < -0.39 is 11.7 Å². The minimum absolute atomic E-state index is 0.348. The maximum absolute atomic E-state index is 11.3. The second-order valence-electron chi connectivity index (χ2n) is 2.82. The van der Waals surface area contributed by atoms with Crippen molar-refractivity contribution in [3.63, 3.8) is 0 Å². The zero-order valence-electron chi connectivity index (χ0n) is 7.26. The van der Waals surface area contributed by atoms with Crippen molar-refractivity contribution < 1.29 is 14.3 Å². The first-order chi connectivity index (χ1) is 6.63. The average Bonchev–Trinajstić information content (AvgIpc) is 2.45. The van der Waals surface area contributed by atoms with Crippen molar-refractivity contribution >= 4 is 33.3 Å². The van der Waals surface area contributed by atoms with Crippen molar-refractivity contribution in [1.82, 2.24) is 0 Å². The Bertz CT molecular complexity index is 442. The van der Waals surface area contributed by atoms with Crippen LogP contribution in [-0.2, 0) is 4.79 Å². The van der Waals surface area contributed by atoms with Gasteiger partial charge in [0.05, 0.1) is 18.4 Å². The van der Waals surface area contributed by atoms with Gasteiger partial charge in [-0.25, -0.2) is 0 Å². The molecule has 0 saturated carbocycles. The molecule has 1 N–H and O–H groups in total. The first kappa shape index (κ1) is 9.21. The predicted octanol–water partition coefficient (Wildman–Crippen LogP) is 1.59. The fourth-order valence-electron chi connectivity index (χ4n) is 1.30. The van der Waals surface area contributed by atoms with Crippen LogP contribution in [0.4, 0.5) is 5.69 Å². The molecule has 0 fully saturated rings. The molecule has 0 spiro atoms. The van der Waals surface area contributed by atoms with Crippen LogP contribution in [0.25, 0.3) is 0 Å². The Kier molecular flexibility index (Phi) is 2.03. The highest BCUT2D eigenvalue weighted by Crippen LogP contribution is 2.35. The van der Waals surface area contributed by atoms with Crippen LogP contribution in [0.5, 0.6) is 5.75 Å². The molecule has 0 aromatic heterocycles. The average molecular weight is 256 g/mol. The van der Waals surface area contributed by atoms with Gasteiger partial charge in [-0.3, -0.25) is 9.59 Å². The monoisotopic (exact) mass is 255 g/mol.